The van der Waals surface area contributed by atoms with Gasteiger partial charge in [-0.15, -0.1) is 0 Å². The zero-order valence-corrected chi connectivity index (χ0v) is 25.6. The lowest BCUT2D eigenvalue weighted by Crippen LogP contribution is -2.53. The Morgan fingerprint density at radius 1 is 0.925 bits per heavy atom. The van der Waals surface area contributed by atoms with Crippen molar-refractivity contribution in [2.75, 3.05) is 10.8 Å². The Labute approximate surface area is 247 Å². The summed E-state index contributed by atoms with van der Waals surface area (Å²) in [5.74, 6) is -0.835. The van der Waals surface area contributed by atoms with Crippen molar-refractivity contribution in [1.82, 2.24) is 10.2 Å². The summed E-state index contributed by atoms with van der Waals surface area (Å²) in [7, 11) is -4.20. The molecule has 0 saturated heterocycles. The number of hydrogen-bond acceptors (Lipinski definition) is 4. The van der Waals surface area contributed by atoms with Crippen LogP contribution in [0.2, 0.25) is 10.0 Å². The van der Waals surface area contributed by atoms with Crippen molar-refractivity contribution in [2.24, 2.45) is 0 Å². The van der Waals surface area contributed by atoms with Gasteiger partial charge in [0, 0.05) is 12.6 Å². The molecule has 10 heteroatoms. The monoisotopic (exact) mass is 603 g/mol. The Morgan fingerprint density at radius 2 is 1.57 bits per heavy atom. The van der Waals surface area contributed by atoms with Gasteiger partial charge in [-0.1, -0.05) is 72.1 Å². The third kappa shape index (κ3) is 7.56. The fraction of sp³-hybridized carbons (Fsp3) is 0.333. The number of sulfonamides is 1. The second-order valence-corrected chi connectivity index (χ2v) is 12.6. The van der Waals surface area contributed by atoms with E-state index in [9.17, 15) is 18.0 Å². The molecule has 3 aromatic rings. The summed E-state index contributed by atoms with van der Waals surface area (Å²) in [6.07, 6.45) is 0.341. The Balaban J connectivity index is 2.10. The van der Waals surface area contributed by atoms with Crippen LogP contribution in [0.15, 0.2) is 71.6 Å². The van der Waals surface area contributed by atoms with Gasteiger partial charge in [-0.3, -0.25) is 13.9 Å². The Morgan fingerprint density at radius 3 is 2.15 bits per heavy atom. The molecule has 1 N–H and O–H groups in total. The van der Waals surface area contributed by atoms with Crippen molar-refractivity contribution in [1.29, 1.82) is 0 Å². The normalized spacial score (nSPS) is 12.2. The number of carbonyl (C=O) groups excluding carboxylic acids is 2. The molecule has 1 atom stereocenters. The SMILES string of the molecule is CC[C@@H](C(=O)NC(C)C)N(Cc1ccccc1C)C(=O)CN(c1ccc(Cl)c(Cl)c1)S(=O)(=O)c1ccc(C)cc1. The fourth-order valence-corrected chi connectivity index (χ4v) is 5.98. The number of carbonyl (C=O) groups is 2. The van der Waals surface area contributed by atoms with Gasteiger partial charge in [0.25, 0.3) is 10.0 Å². The van der Waals surface area contributed by atoms with Gasteiger partial charge in [0.05, 0.1) is 20.6 Å². The Hall–Kier alpha value is -3.07. The van der Waals surface area contributed by atoms with E-state index in [1.54, 1.807) is 12.1 Å². The van der Waals surface area contributed by atoms with Gasteiger partial charge in [0.15, 0.2) is 0 Å². The van der Waals surface area contributed by atoms with Gasteiger partial charge in [0.2, 0.25) is 11.8 Å². The van der Waals surface area contributed by atoms with E-state index in [4.69, 9.17) is 23.2 Å². The van der Waals surface area contributed by atoms with Crippen molar-refractivity contribution in [3.8, 4) is 0 Å². The molecular weight excluding hydrogens is 569 g/mol. The lowest BCUT2D eigenvalue weighted by molar-refractivity contribution is -0.140. The van der Waals surface area contributed by atoms with Gasteiger partial charge in [-0.25, -0.2) is 8.42 Å². The second-order valence-electron chi connectivity index (χ2n) is 9.96. The average molecular weight is 605 g/mol. The lowest BCUT2D eigenvalue weighted by atomic mass is 10.1. The standard InChI is InChI=1S/C30H35Cl2N3O4S/c1-6-28(30(37)33-20(2)3)34(18-23-10-8-7-9-22(23)5)29(36)19-35(24-13-16-26(31)27(32)17-24)40(38,39)25-14-11-21(4)12-15-25/h7-17,20,28H,6,18-19H2,1-5H3,(H,33,37)/t28-/m0/s1. The molecule has 7 nitrogen and oxygen atoms in total. The van der Waals surface area contributed by atoms with Crippen LogP contribution in [-0.4, -0.2) is 43.8 Å². The highest BCUT2D eigenvalue weighted by molar-refractivity contribution is 7.92. The largest absolute Gasteiger partial charge is 0.352 e. The van der Waals surface area contributed by atoms with Crippen LogP contribution < -0.4 is 9.62 Å². The van der Waals surface area contributed by atoms with Gasteiger partial charge < -0.3 is 10.2 Å². The summed E-state index contributed by atoms with van der Waals surface area (Å²) in [4.78, 5) is 28.8. The molecule has 0 unspecified atom stereocenters. The number of amides is 2. The number of hydrogen-bond donors (Lipinski definition) is 1. The Bertz CT molecular complexity index is 1460. The molecule has 0 fully saturated rings. The summed E-state index contributed by atoms with van der Waals surface area (Å²) in [6, 6.07) is 17.4. The van der Waals surface area contributed by atoms with Crippen molar-refractivity contribution in [3.63, 3.8) is 0 Å². The van der Waals surface area contributed by atoms with E-state index in [2.05, 4.69) is 5.32 Å². The fourth-order valence-electron chi connectivity index (χ4n) is 4.28. The topological polar surface area (TPSA) is 86.8 Å². The number of aryl methyl sites for hydroxylation is 2. The summed E-state index contributed by atoms with van der Waals surface area (Å²) in [5.41, 5.74) is 2.88. The molecule has 3 rings (SSSR count). The Kier molecular flexibility index (Phi) is 10.6. The quantitative estimate of drug-likeness (QED) is 0.285. The average Bonchev–Trinajstić information content (AvgIpc) is 2.89. The highest BCUT2D eigenvalue weighted by Crippen LogP contribution is 2.31. The van der Waals surface area contributed by atoms with Gasteiger partial charge >= 0.3 is 0 Å². The van der Waals surface area contributed by atoms with Gasteiger partial charge in [0.1, 0.15) is 12.6 Å². The van der Waals surface area contributed by atoms with Gasteiger partial charge in [-0.2, -0.15) is 0 Å². The molecule has 40 heavy (non-hydrogen) atoms. The second kappa shape index (κ2) is 13.5. The van der Waals surface area contributed by atoms with Crippen molar-refractivity contribution in [2.45, 2.75) is 64.6 Å². The zero-order valence-electron chi connectivity index (χ0n) is 23.3. The molecule has 0 bridgehead atoms. The molecule has 0 aliphatic carbocycles. The van der Waals surface area contributed by atoms with E-state index < -0.39 is 28.5 Å². The summed E-state index contributed by atoms with van der Waals surface area (Å²) in [6.45, 7) is 8.88. The van der Waals surface area contributed by atoms with Crippen molar-refractivity contribution >= 4 is 50.7 Å². The van der Waals surface area contributed by atoms with E-state index in [1.165, 1.54) is 35.2 Å². The molecule has 3 aromatic carbocycles. The predicted molar refractivity (Wildman–Crippen MR) is 161 cm³/mol. The first-order chi connectivity index (χ1) is 18.8. The minimum atomic E-state index is -4.20. The van der Waals surface area contributed by atoms with Crippen LogP contribution in [0.5, 0.6) is 0 Å². The molecule has 214 valence electrons. The zero-order chi connectivity index (χ0) is 29.6. The van der Waals surface area contributed by atoms with Crippen LogP contribution >= 0.6 is 23.2 Å². The highest BCUT2D eigenvalue weighted by Gasteiger charge is 2.34. The summed E-state index contributed by atoms with van der Waals surface area (Å²) >= 11 is 12.4. The maximum absolute atomic E-state index is 14.1. The minimum absolute atomic E-state index is 0.0204. The number of nitrogens with one attached hydrogen (secondary N) is 1. The van der Waals surface area contributed by atoms with Gasteiger partial charge in [-0.05, 0) is 75.6 Å². The van der Waals surface area contributed by atoms with E-state index in [0.717, 1.165) is 21.0 Å². The number of benzene rings is 3. The van der Waals surface area contributed by atoms with Crippen molar-refractivity contribution in [3.05, 3.63) is 93.5 Å². The van der Waals surface area contributed by atoms with Crippen LogP contribution in [0.25, 0.3) is 0 Å². The summed E-state index contributed by atoms with van der Waals surface area (Å²) < 4.78 is 28.9. The van der Waals surface area contributed by atoms with Crippen molar-refractivity contribution < 1.29 is 18.0 Å². The minimum Gasteiger partial charge on any atom is -0.352 e. The molecule has 0 aliphatic rings. The number of anilines is 1. The van der Waals surface area contributed by atoms with E-state index in [-0.39, 0.29) is 39.1 Å². The van der Waals surface area contributed by atoms with Crippen LogP contribution in [-0.2, 0) is 26.2 Å². The van der Waals surface area contributed by atoms with E-state index >= 15 is 0 Å². The maximum atomic E-state index is 14.1. The highest BCUT2D eigenvalue weighted by atomic mass is 35.5. The molecule has 0 heterocycles. The smallest absolute Gasteiger partial charge is 0.264 e. The van der Waals surface area contributed by atoms with Crippen LogP contribution in [0.1, 0.15) is 43.9 Å². The lowest BCUT2D eigenvalue weighted by Gasteiger charge is -2.34. The van der Waals surface area contributed by atoms with E-state index in [1.807, 2.05) is 58.9 Å². The third-order valence-electron chi connectivity index (χ3n) is 6.50. The van der Waals surface area contributed by atoms with Crippen LogP contribution in [0, 0.1) is 13.8 Å². The molecule has 0 aliphatic heterocycles. The molecule has 2 amide bonds. The first-order valence-electron chi connectivity index (χ1n) is 13.0. The third-order valence-corrected chi connectivity index (χ3v) is 9.02. The molecule has 0 spiro atoms. The maximum Gasteiger partial charge on any atom is 0.264 e. The molecular formula is C30H35Cl2N3O4S. The summed E-state index contributed by atoms with van der Waals surface area (Å²) in [5, 5.41) is 3.29. The van der Waals surface area contributed by atoms with Crippen LogP contribution in [0.3, 0.4) is 0 Å². The predicted octanol–water partition coefficient (Wildman–Crippen LogP) is 6.14. The molecule has 0 radical (unpaired) electrons. The first-order valence-corrected chi connectivity index (χ1v) is 15.2. The molecule has 0 aromatic heterocycles. The first kappa shape index (κ1) is 31.5. The van der Waals surface area contributed by atoms with Crippen LogP contribution in [0.4, 0.5) is 5.69 Å². The number of halogens is 2. The van der Waals surface area contributed by atoms with E-state index in [0.29, 0.717) is 6.42 Å². The molecule has 0 saturated carbocycles. The number of rotatable bonds is 11. The number of nitrogens with zero attached hydrogens (tertiary/aromatic N) is 2.